The fourth-order valence-corrected chi connectivity index (χ4v) is 1.68. The summed E-state index contributed by atoms with van der Waals surface area (Å²) in [6, 6.07) is 8.06. The van der Waals surface area contributed by atoms with Gasteiger partial charge in [0.25, 0.3) is 0 Å². The van der Waals surface area contributed by atoms with E-state index in [9.17, 15) is 0 Å². The minimum Gasteiger partial charge on any atom is -0.380 e. The van der Waals surface area contributed by atoms with Gasteiger partial charge in [0.15, 0.2) is 11.6 Å². The zero-order valence-electron chi connectivity index (χ0n) is 7.62. The monoisotopic (exact) mass is 300 g/mol. The van der Waals surface area contributed by atoms with Crippen LogP contribution in [0, 0.1) is 10.5 Å². The molecule has 1 aromatic carbocycles. The second kappa shape index (κ2) is 3.61. The summed E-state index contributed by atoms with van der Waals surface area (Å²) in [5.74, 6) is 1.18. The minimum atomic E-state index is 0.446. The Morgan fingerprint density at radius 3 is 2.43 bits per heavy atom. The molecule has 2 rings (SSSR count). The maximum atomic E-state index is 5.60. The Kier molecular flexibility index (Phi) is 2.45. The van der Waals surface area contributed by atoms with Crippen LogP contribution in [0.2, 0.25) is 0 Å². The Balaban J connectivity index is 2.49. The molecule has 0 spiro atoms. The van der Waals surface area contributed by atoms with E-state index in [1.807, 2.05) is 31.2 Å². The van der Waals surface area contributed by atoms with E-state index in [0.717, 1.165) is 14.9 Å². The standard InChI is InChI=1S/C10H9IN2O/c1-6-2-4-7(5-3-6)9-8(11)10(12)13-14-9/h2-5H,1H3,(H2,12,13). The number of hydrogen-bond acceptors (Lipinski definition) is 3. The van der Waals surface area contributed by atoms with Crippen LogP contribution < -0.4 is 5.73 Å². The van der Waals surface area contributed by atoms with Gasteiger partial charge in [0, 0.05) is 5.56 Å². The first-order chi connectivity index (χ1) is 6.68. The van der Waals surface area contributed by atoms with Crippen LogP contribution in [0.15, 0.2) is 28.8 Å². The predicted molar refractivity (Wildman–Crippen MR) is 63.8 cm³/mol. The third-order valence-corrected chi connectivity index (χ3v) is 3.02. The molecule has 0 saturated heterocycles. The van der Waals surface area contributed by atoms with Crippen LogP contribution in [0.3, 0.4) is 0 Å². The average molecular weight is 300 g/mol. The van der Waals surface area contributed by atoms with Crippen molar-refractivity contribution in [2.45, 2.75) is 6.92 Å². The fraction of sp³-hybridized carbons (Fsp3) is 0.100. The van der Waals surface area contributed by atoms with Gasteiger partial charge < -0.3 is 10.3 Å². The van der Waals surface area contributed by atoms with Crippen molar-refractivity contribution >= 4 is 28.4 Å². The van der Waals surface area contributed by atoms with Gasteiger partial charge in [-0.1, -0.05) is 35.0 Å². The van der Waals surface area contributed by atoms with Crippen molar-refractivity contribution in [1.29, 1.82) is 0 Å². The highest BCUT2D eigenvalue weighted by Gasteiger charge is 2.12. The lowest BCUT2D eigenvalue weighted by Crippen LogP contribution is -1.86. The topological polar surface area (TPSA) is 52.0 Å². The summed E-state index contributed by atoms with van der Waals surface area (Å²) in [6.45, 7) is 2.05. The Morgan fingerprint density at radius 2 is 1.93 bits per heavy atom. The number of rotatable bonds is 1. The molecular weight excluding hydrogens is 291 g/mol. The first kappa shape index (κ1) is 9.51. The minimum absolute atomic E-state index is 0.446. The largest absolute Gasteiger partial charge is 0.380 e. The van der Waals surface area contributed by atoms with Crippen LogP contribution >= 0.6 is 22.6 Å². The number of benzene rings is 1. The quantitative estimate of drug-likeness (QED) is 0.824. The van der Waals surface area contributed by atoms with E-state index < -0.39 is 0 Å². The molecule has 1 heterocycles. The van der Waals surface area contributed by atoms with E-state index >= 15 is 0 Å². The van der Waals surface area contributed by atoms with Gasteiger partial charge in [-0.3, -0.25) is 0 Å². The summed E-state index contributed by atoms with van der Waals surface area (Å²) in [4.78, 5) is 0. The summed E-state index contributed by atoms with van der Waals surface area (Å²) >= 11 is 2.13. The molecule has 0 amide bonds. The van der Waals surface area contributed by atoms with Crippen molar-refractivity contribution in [2.24, 2.45) is 0 Å². The molecule has 0 aliphatic heterocycles. The Morgan fingerprint density at radius 1 is 1.29 bits per heavy atom. The summed E-state index contributed by atoms with van der Waals surface area (Å²) in [6.07, 6.45) is 0. The zero-order valence-corrected chi connectivity index (χ0v) is 9.78. The molecule has 0 saturated carbocycles. The van der Waals surface area contributed by atoms with Crippen molar-refractivity contribution in [1.82, 2.24) is 5.16 Å². The summed E-state index contributed by atoms with van der Waals surface area (Å²) in [7, 11) is 0. The fourth-order valence-electron chi connectivity index (χ4n) is 1.18. The average Bonchev–Trinajstić information content (AvgIpc) is 2.50. The number of halogens is 1. The predicted octanol–water partition coefficient (Wildman–Crippen LogP) is 2.84. The number of nitrogen functional groups attached to an aromatic ring is 1. The van der Waals surface area contributed by atoms with E-state index in [1.165, 1.54) is 5.56 Å². The lowest BCUT2D eigenvalue weighted by molar-refractivity contribution is 0.435. The molecule has 14 heavy (non-hydrogen) atoms. The Bertz CT molecular complexity index is 448. The Labute approximate surface area is 95.4 Å². The number of hydrogen-bond donors (Lipinski definition) is 1. The molecule has 3 nitrogen and oxygen atoms in total. The van der Waals surface area contributed by atoms with Gasteiger partial charge in [-0.2, -0.15) is 0 Å². The summed E-state index contributed by atoms with van der Waals surface area (Å²) in [5, 5.41) is 3.71. The molecule has 0 bridgehead atoms. The molecule has 0 aliphatic rings. The highest BCUT2D eigenvalue weighted by atomic mass is 127. The van der Waals surface area contributed by atoms with Gasteiger partial charge in [0.2, 0.25) is 0 Å². The number of aryl methyl sites for hydroxylation is 1. The molecule has 0 aliphatic carbocycles. The van der Waals surface area contributed by atoms with Crippen LogP contribution in [-0.4, -0.2) is 5.16 Å². The van der Waals surface area contributed by atoms with E-state index in [2.05, 4.69) is 27.7 Å². The molecule has 1 aromatic heterocycles. The maximum absolute atomic E-state index is 5.60. The van der Waals surface area contributed by atoms with E-state index in [4.69, 9.17) is 10.3 Å². The van der Waals surface area contributed by atoms with Gasteiger partial charge >= 0.3 is 0 Å². The molecule has 0 unspecified atom stereocenters. The molecular formula is C10H9IN2O. The van der Waals surface area contributed by atoms with Gasteiger partial charge in [-0.25, -0.2) is 0 Å². The lowest BCUT2D eigenvalue weighted by Gasteiger charge is -1.96. The normalized spacial score (nSPS) is 10.4. The van der Waals surface area contributed by atoms with Crippen molar-refractivity contribution in [2.75, 3.05) is 5.73 Å². The number of nitrogens with two attached hydrogens (primary N) is 1. The molecule has 72 valence electrons. The smallest absolute Gasteiger partial charge is 0.182 e. The van der Waals surface area contributed by atoms with Crippen LogP contribution in [0.4, 0.5) is 5.82 Å². The number of aromatic nitrogens is 1. The second-order valence-electron chi connectivity index (χ2n) is 3.08. The van der Waals surface area contributed by atoms with Crippen LogP contribution in [0.1, 0.15) is 5.56 Å². The molecule has 4 heteroatoms. The van der Waals surface area contributed by atoms with Gasteiger partial charge in [-0.05, 0) is 29.5 Å². The van der Waals surface area contributed by atoms with E-state index in [-0.39, 0.29) is 0 Å². The molecule has 0 atom stereocenters. The Hall–Kier alpha value is -1.04. The molecule has 2 aromatic rings. The van der Waals surface area contributed by atoms with Crippen molar-refractivity contribution in [3.8, 4) is 11.3 Å². The van der Waals surface area contributed by atoms with Crippen LogP contribution in [0.25, 0.3) is 11.3 Å². The highest BCUT2D eigenvalue weighted by Crippen LogP contribution is 2.28. The molecule has 2 N–H and O–H groups in total. The second-order valence-corrected chi connectivity index (χ2v) is 4.16. The highest BCUT2D eigenvalue weighted by molar-refractivity contribution is 14.1. The lowest BCUT2D eigenvalue weighted by atomic mass is 10.1. The van der Waals surface area contributed by atoms with E-state index in [0.29, 0.717) is 5.82 Å². The zero-order chi connectivity index (χ0) is 10.1. The SMILES string of the molecule is Cc1ccc(-c2onc(N)c2I)cc1. The van der Waals surface area contributed by atoms with Crippen LogP contribution in [0.5, 0.6) is 0 Å². The van der Waals surface area contributed by atoms with Crippen LogP contribution in [-0.2, 0) is 0 Å². The van der Waals surface area contributed by atoms with Gasteiger partial charge in [0.1, 0.15) is 3.57 Å². The summed E-state index contributed by atoms with van der Waals surface area (Å²) < 4.78 is 6.01. The summed E-state index contributed by atoms with van der Waals surface area (Å²) in [5.41, 5.74) is 7.82. The first-order valence-electron chi connectivity index (χ1n) is 4.16. The van der Waals surface area contributed by atoms with Crippen molar-refractivity contribution in [3.63, 3.8) is 0 Å². The third-order valence-electron chi connectivity index (χ3n) is 1.97. The maximum Gasteiger partial charge on any atom is 0.182 e. The number of nitrogens with zero attached hydrogens (tertiary/aromatic N) is 1. The third kappa shape index (κ3) is 1.61. The van der Waals surface area contributed by atoms with Gasteiger partial charge in [0.05, 0.1) is 0 Å². The van der Waals surface area contributed by atoms with Gasteiger partial charge in [-0.15, -0.1) is 0 Å². The first-order valence-corrected chi connectivity index (χ1v) is 5.24. The molecule has 0 fully saturated rings. The van der Waals surface area contributed by atoms with Crippen molar-refractivity contribution in [3.05, 3.63) is 33.4 Å². The van der Waals surface area contributed by atoms with Crippen molar-refractivity contribution < 1.29 is 4.52 Å². The molecule has 0 radical (unpaired) electrons. The number of anilines is 1. The van der Waals surface area contributed by atoms with E-state index in [1.54, 1.807) is 0 Å².